The van der Waals surface area contributed by atoms with Crippen LogP contribution in [0.1, 0.15) is 11.1 Å². The third kappa shape index (κ3) is 2.91. The van der Waals surface area contributed by atoms with E-state index in [0.29, 0.717) is 16.5 Å². The number of aromatic nitrogens is 3. The van der Waals surface area contributed by atoms with Gasteiger partial charge < -0.3 is 0 Å². The Bertz CT molecular complexity index is 984. The number of rotatable bonds is 3. The Morgan fingerprint density at radius 2 is 2.04 bits per heavy atom. The summed E-state index contributed by atoms with van der Waals surface area (Å²) in [6.07, 6.45) is 0. The number of halogens is 1. The molecule has 0 aliphatic heterocycles. The fraction of sp³-hybridized carbons (Fsp3) is 0.133. The zero-order chi connectivity index (χ0) is 16.6. The van der Waals surface area contributed by atoms with Crippen LogP contribution >= 0.6 is 11.6 Å². The van der Waals surface area contributed by atoms with Crippen LogP contribution in [0.2, 0.25) is 5.02 Å². The van der Waals surface area contributed by atoms with Crippen molar-refractivity contribution >= 4 is 28.2 Å². The van der Waals surface area contributed by atoms with E-state index in [0.717, 1.165) is 5.56 Å². The molecule has 0 fully saturated rings. The molecule has 0 bridgehead atoms. The van der Waals surface area contributed by atoms with Crippen LogP contribution in [-0.4, -0.2) is 19.9 Å². The van der Waals surface area contributed by atoms with Gasteiger partial charge >= 0.3 is 0 Å². The van der Waals surface area contributed by atoms with Gasteiger partial charge in [-0.25, -0.2) is 4.68 Å². The summed E-state index contributed by atoms with van der Waals surface area (Å²) in [5.41, 5.74) is 1.50. The lowest BCUT2D eigenvalue weighted by molar-refractivity contribution is -0.384. The highest BCUT2D eigenvalue weighted by molar-refractivity contribution is 6.32. The summed E-state index contributed by atoms with van der Waals surface area (Å²) >= 11 is 5.78. The molecule has 8 heteroatoms. The van der Waals surface area contributed by atoms with Crippen LogP contribution in [0.15, 0.2) is 41.2 Å². The van der Waals surface area contributed by atoms with E-state index in [1.54, 1.807) is 18.2 Å². The molecule has 0 saturated carbocycles. The van der Waals surface area contributed by atoms with Gasteiger partial charge in [0.1, 0.15) is 10.5 Å². The van der Waals surface area contributed by atoms with E-state index in [1.807, 2.05) is 13.0 Å². The maximum atomic E-state index is 12.5. The third-order valence-corrected chi connectivity index (χ3v) is 3.74. The first-order valence-corrected chi connectivity index (χ1v) is 7.10. The molecule has 0 aliphatic carbocycles. The van der Waals surface area contributed by atoms with Crippen molar-refractivity contribution < 1.29 is 4.92 Å². The SMILES string of the molecule is Cc1ccc2nnn(Cc3ccc(Cl)c([N+](=O)[O-])c3)c(=O)c2c1. The maximum absolute atomic E-state index is 12.5. The number of nitrogens with zero attached hydrogens (tertiary/aromatic N) is 4. The van der Waals surface area contributed by atoms with Gasteiger partial charge in [0.15, 0.2) is 0 Å². The molecule has 0 amide bonds. The summed E-state index contributed by atoms with van der Waals surface area (Å²) in [7, 11) is 0. The second-order valence-electron chi connectivity index (χ2n) is 5.12. The quantitative estimate of drug-likeness (QED) is 0.544. The monoisotopic (exact) mass is 330 g/mol. The minimum atomic E-state index is -0.565. The Morgan fingerprint density at radius 3 is 2.78 bits per heavy atom. The molecule has 0 unspecified atom stereocenters. The van der Waals surface area contributed by atoms with Gasteiger partial charge in [-0.05, 0) is 30.7 Å². The van der Waals surface area contributed by atoms with Crippen LogP contribution < -0.4 is 5.56 Å². The van der Waals surface area contributed by atoms with Gasteiger partial charge in [0.05, 0.1) is 16.9 Å². The molecule has 2 aromatic carbocycles. The second-order valence-corrected chi connectivity index (χ2v) is 5.52. The molecule has 23 heavy (non-hydrogen) atoms. The molecule has 0 aliphatic rings. The van der Waals surface area contributed by atoms with Crippen molar-refractivity contribution in [2.75, 3.05) is 0 Å². The zero-order valence-corrected chi connectivity index (χ0v) is 12.8. The second kappa shape index (κ2) is 5.77. The number of benzene rings is 2. The van der Waals surface area contributed by atoms with E-state index in [9.17, 15) is 14.9 Å². The van der Waals surface area contributed by atoms with E-state index < -0.39 is 4.92 Å². The summed E-state index contributed by atoms with van der Waals surface area (Å²) in [6.45, 7) is 1.96. The smallest absolute Gasteiger partial charge is 0.267 e. The predicted molar refractivity (Wildman–Crippen MR) is 85.7 cm³/mol. The van der Waals surface area contributed by atoms with Crippen LogP contribution in [0, 0.1) is 17.0 Å². The van der Waals surface area contributed by atoms with E-state index >= 15 is 0 Å². The van der Waals surface area contributed by atoms with Crippen molar-refractivity contribution in [1.29, 1.82) is 0 Å². The van der Waals surface area contributed by atoms with Gasteiger partial charge in [-0.3, -0.25) is 14.9 Å². The lowest BCUT2D eigenvalue weighted by atomic mass is 10.1. The number of hydrogen-bond donors (Lipinski definition) is 0. The fourth-order valence-electron chi connectivity index (χ4n) is 2.26. The average Bonchev–Trinajstić information content (AvgIpc) is 2.52. The highest BCUT2D eigenvalue weighted by atomic mass is 35.5. The Labute approximate surface area is 135 Å². The van der Waals surface area contributed by atoms with E-state index in [2.05, 4.69) is 10.3 Å². The molecule has 0 saturated heterocycles. The summed E-state index contributed by atoms with van der Waals surface area (Å²) in [5, 5.41) is 19.3. The highest BCUT2D eigenvalue weighted by Crippen LogP contribution is 2.25. The molecule has 0 N–H and O–H groups in total. The minimum absolute atomic E-state index is 0.0475. The van der Waals surface area contributed by atoms with E-state index in [-0.39, 0.29) is 22.8 Å². The first kappa shape index (κ1) is 15.1. The summed E-state index contributed by atoms with van der Waals surface area (Å²) < 4.78 is 1.18. The predicted octanol–water partition coefficient (Wildman–Crippen LogP) is 2.71. The molecule has 1 heterocycles. The van der Waals surface area contributed by atoms with Crippen molar-refractivity contribution in [3.63, 3.8) is 0 Å². The van der Waals surface area contributed by atoms with Crippen molar-refractivity contribution in [3.8, 4) is 0 Å². The molecule has 116 valence electrons. The highest BCUT2D eigenvalue weighted by Gasteiger charge is 2.14. The molecule has 0 spiro atoms. The summed E-state index contributed by atoms with van der Waals surface area (Å²) in [6, 6.07) is 9.70. The summed E-state index contributed by atoms with van der Waals surface area (Å²) in [5.74, 6) is 0. The average molecular weight is 331 g/mol. The normalized spacial score (nSPS) is 10.9. The maximum Gasteiger partial charge on any atom is 0.288 e. The number of fused-ring (bicyclic) bond motifs is 1. The zero-order valence-electron chi connectivity index (χ0n) is 12.1. The lowest BCUT2D eigenvalue weighted by Gasteiger charge is -2.06. The molecule has 3 rings (SSSR count). The van der Waals surface area contributed by atoms with Gasteiger partial charge in [-0.1, -0.05) is 34.5 Å². The van der Waals surface area contributed by atoms with Gasteiger partial charge in [-0.15, -0.1) is 5.10 Å². The Hall–Kier alpha value is -2.80. The third-order valence-electron chi connectivity index (χ3n) is 3.42. The molecular formula is C15H11ClN4O3. The van der Waals surface area contributed by atoms with Crippen LogP contribution in [0.25, 0.3) is 10.9 Å². The minimum Gasteiger partial charge on any atom is -0.267 e. The Balaban J connectivity index is 2.05. The number of hydrogen-bond acceptors (Lipinski definition) is 5. The molecule has 0 radical (unpaired) electrons. The molecule has 3 aromatic rings. The Kier molecular flexibility index (Phi) is 3.79. The van der Waals surface area contributed by atoms with Crippen molar-refractivity contribution in [2.24, 2.45) is 0 Å². The molecular weight excluding hydrogens is 320 g/mol. The van der Waals surface area contributed by atoms with Gasteiger partial charge in [0.25, 0.3) is 11.2 Å². The lowest BCUT2D eigenvalue weighted by Crippen LogP contribution is -2.24. The van der Waals surface area contributed by atoms with Gasteiger partial charge in [-0.2, -0.15) is 0 Å². The number of nitro benzene ring substituents is 1. The van der Waals surface area contributed by atoms with Gasteiger partial charge in [0.2, 0.25) is 0 Å². The topological polar surface area (TPSA) is 90.9 Å². The summed E-state index contributed by atoms with van der Waals surface area (Å²) in [4.78, 5) is 22.8. The molecule has 7 nitrogen and oxygen atoms in total. The van der Waals surface area contributed by atoms with Gasteiger partial charge in [0, 0.05) is 6.07 Å². The number of aryl methyl sites for hydroxylation is 1. The van der Waals surface area contributed by atoms with E-state index in [1.165, 1.54) is 16.8 Å². The molecule has 1 aromatic heterocycles. The van der Waals surface area contributed by atoms with Crippen LogP contribution in [0.3, 0.4) is 0 Å². The van der Waals surface area contributed by atoms with Crippen LogP contribution in [-0.2, 0) is 6.54 Å². The van der Waals surface area contributed by atoms with Crippen LogP contribution in [0.4, 0.5) is 5.69 Å². The number of nitro groups is 1. The first-order valence-electron chi connectivity index (χ1n) is 6.72. The van der Waals surface area contributed by atoms with Crippen molar-refractivity contribution in [3.05, 3.63) is 73.0 Å². The molecule has 0 atom stereocenters. The fourth-order valence-corrected chi connectivity index (χ4v) is 2.45. The van der Waals surface area contributed by atoms with Crippen LogP contribution in [0.5, 0.6) is 0 Å². The van der Waals surface area contributed by atoms with Crippen molar-refractivity contribution in [2.45, 2.75) is 13.5 Å². The largest absolute Gasteiger partial charge is 0.288 e. The first-order chi connectivity index (χ1) is 11.0. The Morgan fingerprint density at radius 1 is 1.26 bits per heavy atom. The standard InChI is InChI=1S/C15H11ClN4O3/c1-9-2-5-13-11(6-9)15(21)19(18-17-13)8-10-3-4-12(16)14(7-10)20(22)23/h2-7H,8H2,1H3. The van der Waals surface area contributed by atoms with Crippen molar-refractivity contribution in [1.82, 2.24) is 15.0 Å². The van der Waals surface area contributed by atoms with E-state index in [4.69, 9.17) is 11.6 Å².